The number of aromatic nitrogens is 4. The van der Waals surface area contributed by atoms with Crippen molar-refractivity contribution in [3.8, 4) is 33.9 Å². The Labute approximate surface area is 185 Å². The van der Waals surface area contributed by atoms with E-state index in [0.717, 1.165) is 33.9 Å². The lowest BCUT2D eigenvalue weighted by Crippen LogP contribution is -1.94. The van der Waals surface area contributed by atoms with E-state index in [2.05, 4.69) is 80.6 Å². The number of hydrogen-bond acceptors (Lipinski definition) is 4. The molecule has 0 atom stereocenters. The average molecular weight is 410 g/mol. The molecule has 0 aliphatic rings. The molecule has 0 N–H and O–H groups in total. The van der Waals surface area contributed by atoms with Crippen LogP contribution < -0.4 is 0 Å². The molecule has 0 radical (unpaired) electrons. The first-order valence-electron chi connectivity index (χ1n) is 10.5. The van der Waals surface area contributed by atoms with Crippen LogP contribution >= 0.6 is 0 Å². The lowest BCUT2D eigenvalue weighted by molar-refractivity contribution is 1.13. The van der Waals surface area contributed by atoms with Gasteiger partial charge < -0.3 is 0 Å². The minimum absolute atomic E-state index is 0.771. The Balaban J connectivity index is 1.39. The third-order valence-electron chi connectivity index (χ3n) is 5.69. The minimum atomic E-state index is 0.771. The molecular formula is C28H18N4. The maximum absolute atomic E-state index is 4.50. The van der Waals surface area contributed by atoms with Crippen molar-refractivity contribution >= 4 is 21.5 Å². The topological polar surface area (TPSA) is 51.6 Å². The largest absolute Gasteiger partial charge is 0.236 e. The smallest absolute Gasteiger partial charge is 0.116 e. The highest BCUT2D eigenvalue weighted by Gasteiger charge is 2.09. The van der Waals surface area contributed by atoms with Gasteiger partial charge in [-0.25, -0.2) is 19.9 Å². The molecule has 0 bridgehead atoms. The number of fused-ring (bicyclic) bond motifs is 2. The zero-order chi connectivity index (χ0) is 21.3. The van der Waals surface area contributed by atoms with Gasteiger partial charge in [0.25, 0.3) is 0 Å². The van der Waals surface area contributed by atoms with Crippen LogP contribution in [0.3, 0.4) is 0 Å². The van der Waals surface area contributed by atoms with Crippen molar-refractivity contribution in [2.24, 2.45) is 0 Å². The summed E-state index contributed by atoms with van der Waals surface area (Å²) in [6.07, 6.45) is 3.19. The molecule has 4 heteroatoms. The first-order valence-corrected chi connectivity index (χ1v) is 10.5. The van der Waals surface area contributed by atoms with Gasteiger partial charge in [0.2, 0.25) is 0 Å². The Morgan fingerprint density at radius 3 is 1.22 bits per heavy atom. The molecular weight excluding hydrogens is 392 g/mol. The van der Waals surface area contributed by atoms with Crippen LogP contribution in [0.25, 0.3) is 55.4 Å². The van der Waals surface area contributed by atoms with Gasteiger partial charge in [0, 0.05) is 11.1 Å². The van der Waals surface area contributed by atoms with Crippen LogP contribution in [0.15, 0.2) is 110 Å². The fourth-order valence-electron chi connectivity index (χ4n) is 4.01. The Kier molecular flexibility index (Phi) is 4.40. The first kappa shape index (κ1) is 18.3. The van der Waals surface area contributed by atoms with E-state index in [1.54, 1.807) is 12.7 Å². The Bertz CT molecular complexity index is 1470. The molecule has 4 nitrogen and oxygen atoms in total. The molecule has 6 aromatic rings. The molecule has 6 rings (SSSR count). The van der Waals surface area contributed by atoms with Gasteiger partial charge in [-0.05, 0) is 45.8 Å². The van der Waals surface area contributed by atoms with Crippen molar-refractivity contribution in [3.05, 3.63) is 110 Å². The predicted molar refractivity (Wildman–Crippen MR) is 129 cm³/mol. The molecule has 0 unspecified atom stereocenters. The van der Waals surface area contributed by atoms with Crippen LogP contribution in [-0.4, -0.2) is 19.9 Å². The summed E-state index contributed by atoms with van der Waals surface area (Å²) in [6.45, 7) is 0. The molecule has 0 fully saturated rings. The minimum Gasteiger partial charge on any atom is -0.236 e. The van der Waals surface area contributed by atoms with Gasteiger partial charge in [-0.3, -0.25) is 0 Å². The van der Waals surface area contributed by atoms with E-state index in [1.165, 1.54) is 21.5 Å². The van der Waals surface area contributed by atoms with E-state index in [4.69, 9.17) is 0 Å². The average Bonchev–Trinajstić information content (AvgIpc) is 2.88. The van der Waals surface area contributed by atoms with Crippen LogP contribution in [0.5, 0.6) is 0 Å². The van der Waals surface area contributed by atoms with Crippen molar-refractivity contribution in [1.29, 1.82) is 0 Å². The molecule has 0 saturated heterocycles. The lowest BCUT2D eigenvalue weighted by Gasteiger charge is -2.07. The normalized spacial score (nSPS) is 11.1. The SMILES string of the molecule is c1ccc2cc(-c3cc(-c4cc(-c5ccc6ccccc6c5)ncn4)ncn3)ccc2c1. The molecule has 0 amide bonds. The molecule has 0 aliphatic carbocycles. The molecule has 0 aliphatic heterocycles. The number of hydrogen-bond donors (Lipinski definition) is 0. The summed E-state index contributed by atoms with van der Waals surface area (Å²) in [5.41, 5.74) is 5.38. The van der Waals surface area contributed by atoms with Gasteiger partial charge >= 0.3 is 0 Å². The molecule has 0 saturated carbocycles. The molecule has 32 heavy (non-hydrogen) atoms. The second kappa shape index (κ2) is 7.67. The number of nitrogens with zero attached hydrogens (tertiary/aromatic N) is 4. The van der Waals surface area contributed by atoms with Crippen molar-refractivity contribution in [3.63, 3.8) is 0 Å². The highest BCUT2D eigenvalue weighted by Crippen LogP contribution is 2.28. The quantitative estimate of drug-likeness (QED) is 0.331. The standard InChI is InChI=1S/C28H18N4/c1-3-7-21-13-23(11-9-19(21)5-1)25-15-27(31-17-29-25)28-16-26(30-18-32-28)24-12-10-20-6-2-4-8-22(20)14-24/h1-18H. The Morgan fingerprint density at radius 1 is 0.344 bits per heavy atom. The van der Waals surface area contributed by atoms with E-state index in [9.17, 15) is 0 Å². The summed E-state index contributed by atoms with van der Waals surface area (Å²) in [5, 5.41) is 4.79. The monoisotopic (exact) mass is 410 g/mol. The zero-order valence-electron chi connectivity index (χ0n) is 17.2. The molecule has 2 heterocycles. The van der Waals surface area contributed by atoms with Gasteiger partial charge in [0.1, 0.15) is 12.7 Å². The third-order valence-corrected chi connectivity index (χ3v) is 5.69. The molecule has 4 aromatic carbocycles. The summed E-state index contributed by atoms with van der Waals surface area (Å²) < 4.78 is 0. The van der Waals surface area contributed by atoms with E-state index in [0.29, 0.717) is 0 Å². The van der Waals surface area contributed by atoms with Gasteiger partial charge in [-0.15, -0.1) is 0 Å². The van der Waals surface area contributed by atoms with Gasteiger partial charge in [0.05, 0.1) is 22.8 Å². The number of benzene rings is 4. The predicted octanol–water partition coefficient (Wildman–Crippen LogP) is 6.57. The van der Waals surface area contributed by atoms with Crippen LogP contribution in [0.1, 0.15) is 0 Å². The van der Waals surface area contributed by atoms with Gasteiger partial charge in [-0.2, -0.15) is 0 Å². The van der Waals surface area contributed by atoms with Crippen LogP contribution in [0, 0.1) is 0 Å². The Hall–Kier alpha value is -4.44. The van der Waals surface area contributed by atoms with Crippen molar-refractivity contribution in [2.75, 3.05) is 0 Å². The van der Waals surface area contributed by atoms with Crippen molar-refractivity contribution in [2.45, 2.75) is 0 Å². The fraction of sp³-hybridized carbons (Fsp3) is 0. The summed E-state index contributed by atoms with van der Waals surface area (Å²) in [4.78, 5) is 18.0. The lowest BCUT2D eigenvalue weighted by atomic mass is 10.0. The van der Waals surface area contributed by atoms with Gasteiger partial charge in [0.15, 0.2) is 0 Å². The van der Waals surface area contributed by atoms with Crippen LogP contribution in [0.4, 0.5) is 0 Å². The number of rotatable bonds is 3. The summed E-state index contributed by atoms with van der Waals surface area (Å²) in [6, 6.07) is 33.3. The van der Waals surface area contributed by atoms with Gasteiger partial charge in [-0.1, -0.05) is 72.8 Å². The van der Waals surface area contributed by atoms with E-state index in [-0.39, 0.29) is 0 Å². The second-order valence-corrected chi connectivity index (χ2v) is 7.70. The highest BCUT2D eigenvalue weighted by atomic mass is 14.9. The zero-order valence-corrected chi connectivity index (χ0v) is 17.2. The van der Waals surface area contributed by atoms with Crippen LogP contribution in [-0.2, 0) is 0 Å². The third kappa shape index (κ3) is 3.38. The second-order valence-electron chi connectivity index (χ2n) is 7.70. The molecule has 0 spiro atoms. The van der Waals surface area contributed by atoms with Crippen molar-refractivity contribution < 1.29 is 0 Å². The fourth-order valence-corrected chi connectivity index (χ4v) is 4.01. The molecule has 2 aromatic heterocycles. The van der Waals surface area contributed by atoms with E-state index in [1.807, 2.05) is 36.4 Å². The van der Waals surface area contributed by atoms with E-state index >= 15 is 0 Å². The van der Waals surface area contributed by atoms with Crippen LogP contribution in [0.2, 0.25) is 0 Å². The summed E-state index contributed by atoms with van der Waals surface area (Å²) >= 11 is 0. The maximum atomic E-state index is 4.50. The maximum Gasteiger partial charge on any atom is 0.116 e. The highest BCUT2D eigenvalue weighted by molar-refractivity contribution is 5.88. The Morgan fingerprint density at radius 2 is 0.750 bits per heavy atom. The van der Waals surface area contributed by atoms with Crippen molar-refractivity contribution in [1.82, 2.24) is 19.9 Å². The van der Waals surface area contributed by atoms with E-state index < -0.39 is 0 Å². The first-order chi connectivity index (χ1) is 15.8. The summed E-state index contributed by atoms with van der Waals surface area (Å²) in [5.74, 6) is 0. The summed E-state index contributed by atoms with van der Waals surface area (Å²) in [7, 11) is 0. The molecule has 150 valence electrons.